The summed E-state index contributed by atoms with van der Waals surface area (Å²) in [6.07, 6.45) is 4.36. The molecule has 3 rings (SSSR count). The Morgan fingerprint density at radius 3 is 2.62 bits per heavy atom. The minimum atomic E-state index is 0.0530. The Hall–Kier alpha value is -2.37. The van der Waals surface area contributed by atoms with Gasteiger partial charge in [0.2, 0.25) is 11.8 Å². The van der Waals surface area contributed by atoms with E-state index in [9.17, 15) is 4.79 Å². The number of nitrogens with zero attached hydrogens (tertiary/aromatic N) is 3. The van der Waals surface area contributed by atoms with Crippen LogP contribution in [0, 0.1) is 0 Å². The van der Waals surface area contributed by atoms with Gasteiger partial charge in [-0.15, -0.1) is 0 Å². The van der Waals surface area contributed by atoms with Gasteiger partial charge in [-0.05, 0) is 37.0 Å². The molecule has 1 saturated heterocycles. The lowest BCUT2D eigenvalue weighted by atomic mass is 10.2. The molecular weight excluding hydrogens is 328 g/mol. The van der Waals surface area contributed by atoms with E-state index in [-0.39, 0.29) is 11.8 Å². The van der Waals surface area contributed by atoms with Crippen molar-refractivity contribution in [3.63, 3.8) is 0 Å². The summed E-state index contributed by atoms with van der Waals surface area (Å²) in [5, 5.41) is 6.91. The van der Waals surface area contributed by atoms with Gasteiger partial charge in [0, 0.05) is 44.1 Å². The third-order valence-corrected chi connectivity index (χ3v) is 4.69. The maximum atomic E-state index is 12.0. The molecule has 6 heteroatoms. The normalized spacial score (nSPS) is 14.2. The third kappa shape index (κ3) is 5.07. The number of carbonyl (C=O) groups is 1. The zero-order valence-corrected chi connectivity index (χ0v) is 15.7. The van der Waals surface area contributed by atoms with Crippen LogP contribution in [0.5, 0.6) is 0 Å². The van der Waals surface area contributed by atoms with Crippen LogP contribution in [-0.4, -0.2) is 29.1 Å². The number of aryl methyl sites for hydroxylation is 1. The molecule has 0 saturated carbocycles. The number of rotatable bonds is 8. The van der Waals surface area contributed by atoms with E-state index < -0.39 is 0 Å². The molecule has 0 aliphatic carbocycles. The van der Waals surface area contributed by atoms with Crippen LogP contribution in [0.4, 0.5) is 5.69 Å². The standard InChI is InChI=1S/C20H28N4O2/c1-15(2)20-22-19(26-23-20)7-5-6-18(25)21-14-16-8-10-17(11-9-16)24-12-3-4-13-24/h8-11,15H,3-7,12-14H2,1-2H3,(H,21,25). The van der Waals surface area contributed by atoms with E-state index in [1.165, 1.54) is 18.5 Å². The Morgan fingerprint density at radius 1 is 1.23 bits per heavy atom. The van der Waals surface area contributed by atoms with Crippen molar-refractivity contribution in [2.75, 3.05) is 18.0 Å². The second kappa shape index (κ2) is 8.83. The van der Waals surface area contributed by atoms with Crippen LogP contribution in [0.25, 0.3) is 0 Å². The van der Waals surface area contributed by atoms with Crippen molar-refractivity contribution in [1.29, 1.82) is 0 Å². The molecule has 140 valence electrons. The smallest absolute Gasteiger partial charge is 0.226 e. The summed E-state index contributed by atoms with van der Waals surface area (Å²) in [6, 6.07) is 8.49. The summed E-state index contributed by atoms with van der Waals surface area (Å²) >= 11 is 0. The van der Waals surface area contributed by atoms with Crippen molar-refractivity contribution in [1.82, 2.24) is 15.5 Å². The lowest BCUT2D eigenvalue weighted by Gasteiger charge is -2.17. The molecular formula is C20H28N4O2. The van der Waals surface area contributed by atoms with Gasteiger partial charge in [0.05, 0.1) is 0 Å². The monoisotopic (exact) mass is 356 g/mol. The minimum Gasteiger partial charge on any atom is -0.372 e. The van der Waals surface area contributed by atoms with E-state index in [2.05, 4.69) is 44.6 Å². The highest BCUT2D eigenvalue weighted by molar-refractivity contribution is 5.75. The number of aromatic nitrogens is 2. The molecule has 2 heterocycles. The largest absolute Gasteiger partial charge is 0.372 e. The lowest BCUT2D eigenvalue weighted by Crippen LogP contribution is -2.22. The highest BCUT2D eigenvalue weighted by atomic mass is 16.5. The predicted molar refractivity (Wildman–Crippen MR) is 101 cm³/mol. The van der Waals surface area contributed by atoms with E-state index in [1.54, 1.807) is 0 Å². The Bertz CT molecular complexity index is 703. The van der Waals surface area contributed by atoms with Crippen LogP contribution in [-0.2, 0) is 17.8 Å². The fourth-order valence-corrected chi connectivity index (χ4v) is 3.09. The van der Waals surface area contributed by atoms with Gasteiger partial charge in [-0.25, -0.2) is 0 Å². The van der Waals surface area contributed by atoms with Crippen LogP contribution in [0.1, 0.15) is 62.7 Å². The van der Waals surface area contributed by atoms with Crippen molar-refractivity contribution < 1.29 is 9.32 Å². The minimum absolute atomic E-state index is 0.0530. The van der Waals surface area contributed by atoms with Crippen LogP contribution in [0.3, 0.4) is 0 Å². The number of benzene rings is 1. The number of amides is 1. The Morgan fingerprint density at radius 2 is 1.96 bits per heavy atom. The van der Waals surface area contributed by atoms with Crippen molar-refractivity contribution >= 4 is 11.6 Å². The van der Waals surface area contributed by atoms with Crippen molar-refractivity contribution in [2.24, 2.45) is 0 Å². The molecule has 6 nitrogen and oxygen atoms in total. The molecule has 0 radical (unpaired) electrons. The van der Waals surface area contributed by atoms with Gasteiger partial charge in [0.15, 0.2) is 5.82 Å². The molecule has 1 amide bonds. The fourth-order valence-electron chi connectivity index (χ4n) is 3.09. The molecule has 1 aromatic carbocycles. The molecule has 0 bridgehead atoms. The van der Waals surface area contributed by atoms with E-state index >= 15 is 0 Å². The van der Waals surface area contributed by atoms with Crippen molar-refractivity contribution in [3.05, 3.63) is 41.5 Å². The molecule has 0 spiro atoms. The van der Waals surface area contributed by atoms with Gasteiger partial charge in [-0.2, -0.15) is 4.98 Å². The van der Waals surface area contributed by atoms with E-state index in [4.69, 9.17) is 4.52 Å². The van der Waals surface area contributed by atoms with Crippen LogP contribution in [0.15, 0.2) is 28.8 Å². The summed E-state index contributed by atoms with van der Waals surface area (Å²) in [4.78, 5) is 18.7. The fraction of sp³-hybridized carbons (Fsp3) is 0.550. The first-order chi connectivity index (χ1) is 12.6. The number of hydrogen-bond donors (Lipinski definition) is 1. The van der Waals surface area contributed by atoms with E-state index in [1.807, 2.05) is 13.8 Å². The molecule has 1 aliphatic rings. The first-order valence-corrected chi connectivity index (χ1v) is 9.55. The predicted octanol–water partition coefficient (Wildman–Crippen LogP) is 3.43. The zero-order chi connectivity index (χ0) is 18.4. The van der Waals surface area contributed by atoms with Crippen molar-refractivity contribution in [3.8, 4) is 0 Å². The first kappa shape index (κ1) is 18.4. The van der Waals surface area contributed by atoms with Gasteiger partial charge < -0.3 is 14.7 Å². The number of anilines is 1. The Balaban J connectivity index is 1.36. The topological polar surface area (TPSA) is 71.3 Å². The second-order valence-corrected chi connectivity index (χ2v) is 7.19. The highest BCUT2D eigenvalue weighted by Crippen LogP contribution is 2.20. The van der Waals surface area contributed by atoms with Gasteiger partial charge >= 0.3 is 0 Å². The van der Waals surface area contributed by atoms with Crippen LogP contribution < -0.4 is 10.2 Å². The summed E-state index contributed by atoms with van der Waals surface area (Å²) in [5.41, 5.74) is 2.40. The maximum Gasteiger partial charge on any atom is 0.226 e. The van der Waals surface area contributed by atoms with Gasteiger partial charge in [-0.3, -0.25) is 4.79 Å². The molecule has 1 aromatic heterocycles. The molecule has 0 unspecified atom stereocenters. The molecule has 1 N–H and O–H groups in total. The average molecular weight is 356 g/mol. The Labute approximate surface area is 155 Å². The van der Waals surface area contributed by atoms with Crippen molar-refractivity contribution in [2.45, 2.75) is 58.4 Å². The van der Waals surface area contributed by atoms with Crippen LogP contribution >= 0.6 is 0 Å². The van der Waals surface area contributed by atoms with E-state index in [0.29, 0.717) is 31.7 Å². The highest BCUT2D eigenvalue weighted by Gasteiger charge is 2.12. The van der Waals surface area contributed by atoms with Gasteiger partial charge in [-0.1, -0.05) is 31.1 Å². The molecule has 26 heavy (non-hydrogen) atoms. The number of carbonyl (C=O) groups excluding carboxylic acids is 1. The zero-order valence-electron chi connectivity index (χ0n) is 15.7. The van der Waals surface area contributed by atoms with E-state index in [0.717, 1.165) is 24.5 Å². The SMILES string of the molecule is CC(C)c1noc(CCCC(=O)NCc2ccc(N3CCCC3)cc2)n1. The number of nitrogens with one attached hydrogen (secondary N) is 1. The summed E-state index contributed by atoms with van der Waals surface area (Å²) in [5.74, 6) is 1.64. The maximum absolute atomic E-state index is 12.0. The molecule has 2 aromatic rings. The summed E-state index contributed by atoms with van der Waals surface area (Å²) < 4.78 is 5.19. The van der Waals surface area contributed by atoms with Gasteiger partial charge in [0.1, 0.15) is 0 Å². The quantitative estimate of drug-likeness (QED) is 0.784. The number of hydrogen-bond acceptors (Lipinski definition) is 5. The molecule has 0 atom stereocenters. The Kier molecular flexibility index (Phi) is 6.26. The second-order valence-electron chi connectivity index (χ2n) is 7.19. The molecule has 1 aliphatic heterocycles. The third-order valence-electron chi connectivity index (χ3n) is 4.69. The first-order valence-electron chi connectivity index (χ1n) is 9.55. The summed E-state index contributed by atoms with van der Waals surface area (Å²) in [7, 11) is 0. The molecule has 1 fully saturated rings. The van der Waals surface area contributed by atoms with Crippen LogP contribution in [0.2, 0.25) is 0 Å². The average Bonchev–Trinajstić information content (AvgIpc) is 3.32. The summed E-state index contributed by atoms with van der Waals surface area (Å²) in [6.45, 7) is 6.92. The van der Waals surface area contributed by atoms with Gasteiger partial charge in [0.25, 0.3) is 0 Å². The lowest BCUT2D eigenvalue weighted by molar-refractivity contribution is -0.121.